The topological polar surface area (TPSA) is 256 Å². The molecule has 0 radical (unpaired) electrons. The number of pyridine rings is 3. The van der Waals surface area contributed by atoms with Crippen LogP contribution in [-0.4, -0.2) is 135 Å². The number of nitrogen functional groups attached to an aromatic ring is 3. The molecule has 412 valence electrons. The van der Waals surface area contributed by atoms with E-state index in [4.69, 9.17) is 21.9 Å². The molecule has 3 aliphatic rings. The summed E-state index contributed by atoms with van der Waals surface area (Å²) in [5.41, 5.74) is 25.8. The van der Waals surface area contributed by atoms with Gasteiger partial charge in [-0.3, -0.25) is 19.2 Å². The van der Waals surface area contributed by atoms with Gasteiger partial charge in [-0.15, -0.1) is 15.3 Å². The standard InChI is InChI=1S/C23H28N6O2.C20H22N4O2.C17H17N5O/c1-3-27(4-2)22(30)17-11-8-12-28(14-17)23(31)18-13-19(24)21-25-20(26-29(21)15-18)16-9-6-5-7-10-16;1-26-12-14-8-5-9-16(14)18(25)15-10-17(21)20-22-19(23-24(20)11-15)13-6-3-2-4-7-13;18-14-10-13(17(23)21-8-4-5-9-21)11-22-16(14)19-15(20-22)12-6-2-1-3-7-12/h5-7,9-10,13,15,17H,3-4,8,11-12,14,24H2,1-2H3;2-4,6-7,10-11,14,16H,5,8-9,12,21H2,1H3;1-3,6-7,10-11H,4-5,8-9,18H2/t;14-,16?;/m.0./s1. The van der Waals surface area contributed by atoms with E-state index in [0.29, 0.717) is 101 Å². The van der Waals surface area contributed by atoms with E-state index >= 15 is 0 Å². The Balaban J connectivity index is 0.000000136. The molecule has 20 heteroatoms. The summed E-state index contributed by atoms with van der Waals surface area (Å²) < 4.78 is 10.1. The van der Waals surface area contributed by atoms with Gasteiger partial charge in [-0.1, -0.05) is 97.4 Å². The minimum absolute atomic E-state index is 0.00728. The number of likely N-dealkylation sites (tertiary alicyclic amines) is 2. The van der Waals surface area contributed by atoms with Crippen molar-refractivity contribution < 1.29 is 23.9 Å². The third-order valence-corrected chi connectivity index (χ3v) is 15.2. The van der Waals surface area contributed by atoms with Crippen molar-refractivity contribution in [1.29, 1.82) is 0 Å². The Bertz CT molecular complexity index is 3650. The van der Waals surface area contributed by atoms with Crippen LogP contribution >= 0.6 is 0 Å². The van der Waals surface area contributed by atoms with E-state index in [1.165, 1.54) is 0 Å². The van der Waals surface area contributed by atoms with Crippen LogP contribution in [0.4, 0.5) is 17.1 Å². The number of ketones is 1. The molecule has 80 heavy (non-hydrogen) atoms. The molecular formula is C60H67N15O5. The maximum atomic E-state index is 13.2. The molecule has 6 aromatic heterocycles. The molecule has 3 aromatic carbocycles. The number of hydrogen-bond donors (Lipinski definition) is 3. The van der Waals surface area contributed by atoms with Gasteiger partial charge in [0.1, 0.15) is 0 Å². The van der Waals surface area contributed by atoms with E-state index in [-0.39, 0.29) is 41.3 Å². The van der Waals surface area contributed by atoms with Crippen molar-refractivity contribution in [3.05, 3.63) is 144 Å². The van der Waals surface area contributed by atoms with Crippen molar-refractivity contribution in [3.63, 3.8) is 0 Å². The maximum Gasteiger partial charge on any atom is 0.255 e. The van der Waals surface area contributed by atoms with Gasteiger partial charge in [0.2, 0.25) is 5.91 Å². The summed E-state index contributed by atoms with van der Waals surface area (Å²) in [6.07, 6.45) is 11.9. The van der Waals surface area contributed by atoms with Crippen molar-refractivity contribution in [3.8, 4) is 34.2 Å². The summed E-state index contributed by atoms with van der Waals surface area (Å²) in [6, 6.07) is 34.1. The number of rotatable bonds is 12. The lowest BCUT2D eigenvalue weighted by atomic mass is 9.89. The van der Waals surface area contributed by atoms with E-state index in [0.717, 1.165) is 74.7 Å². The van der Waals surface area contributed by atoms with Crippen LogP contribution in [0.3, 0.4) is 0 Å². The number of carbonyl (C=O) groups excluding carboxylic acids is 4. The lowest BCUT2D eigenvalue weighted by Gasteiger charge is -2.34. The molecule has 8 heterocycles. The first-order valence-corrected chi connectivity index (χ1v) is 27.5. The van der Waals surface area contributed by atoms with E-state index in [1.54, 1.807) is 62.3 Å². The Kier molecular flexibility index (Phi) is 16.5. The van der Waals surface area contributed by atoms with E-state index < -0.39 is 0 Å². The first-order chi connectivity index (χ1) is 38.9. The van der Waals surface area contributed by atoms with Gasteiger partial charge in [0.05, 0.1) is 34.1 Å². The highest BCUT2D eigenvalue weighted by Crippen LogP contribution is 2.35. The normalized spacial score (nSPS) is 17.0. The van der Waals surface area contributed by atoms with Crippen LogP contribution in [-0.2, 0) is 9.53 Å². The van der Waals surface area contributed by atoms with Crippen LogP contribution in [0, 0.1) is 17.8 Å². The summed E-state index contributed by atoms with van der Waals surface area (Å²) in [5, 5.41) is 13.5. The number of piperidine rings is 1. The zero-order valence-electron chi connectivity index (χ0n) is 45.4. The quantitative estimate of drug-likeness (QED) is 0.0977. The molecule has 1 saturated carbocycles. The summed E-state index contributed by atoms with van der Waals surface area (Å²) in [4.78, 5) is 70.5. The van der Waals surface area contributed by atoms with Crippen molar-refractivity contribution in [1.82, 2.24) is 58.5 Å². The number of ether oxygens (including phenoxy) is 1. The van der Waals surface area contributed by atoms with Crippen LogP contribution in [0.5, 0.6) is 0 Å². The van der Waals surface area contributed by atoms with E-state index in [2.05, 4.69) is 30.2 Å². The average Bonchev–Trinajstić information content (AvgIpc) is 4.55. The lowest BCUT2D eigenvalue weighted by molar-refractivity contribution is -0.136. The fourth-order valence-corrected chi connectivity index (χ4v) is 11.0. The van der Waals surface area contributed by atoms with Crippen LogP contribution in [0.2, 0.25) is 0 Å². The summed E-state index contributed by atoms with van der Waals surface area (Å²) in [6.45, 7) is 8.62. The molecule has 9 aromatic rings. The van der Waals surface area contributed by atoms with Crippen LogP contribution in [0.1, 0.15) is 89.9 Å². The SMILES string of the molecule is CCN(CC)C(=O)C1CCCN(C(=O)c2cc(N)c3nc(-c4ccccc4)nn3c2)C1.COC[C@@H]1CCCC1C(=O)c1cc(N)c2nc(-c3ccccc3)nn2c1.Nc1cc(C(=O)N2CCCC2)cn2nc(-c3ccccc3)nc12. The molecule has 0 spiro atoms. The third-order valence-electron chi connectivity index (χ3n) is 15.2. The van der Waals surface area contributed by atoms with Crippen LogP contribution in [0.25, 0.3) is 51.1 Å². The molecule has 2 saturated heterocycles. The fourth-order valence-electron chi connectivity index (χ4n) is 11.0. The minimum atomic E-state index is -0.158. The highest BCUT2D eigenvalue weighted by molar-refractivity contribution is 6.00. The van der Waals surface area contributed by atoms with Crippen molar-refractivity contribution >= 4 is 57.5 Å². The molecular weight excluding hydrogens is 1010 g/mol. The second-order valence-corrected chi connectivity index (χ2v) is 20.5. The Hall–Kier alpha value is -9.04. The third kappa shape index (κ3) is 11.7. The average molecular weight is 1080 g/mol. The molecule has 3 fully saturated rings. The van der Waals surface area contributed by atoms with Crippen molar-refractivity contribution in [2.75, 3.05) is 70.2 Å². The summed E-state index contributed by atoms with van der Waals surface area (Å²) in [7, 11) is 1.68. The van der Waals surface area contributed by atoms with Crippen LogP contribution < -0.4 is 17.2 Å². The second-order valence-electron chi connectivity index (χ2n) is 20.5. The van der Waals surface area contributed by atoms with Crippen molar-refractivity contribution in [2.24, 2.45) is 17.8 Å². The summed E-state index contributed by atoms with van der Waals surface area (Å²) >= 11 is 0. The maximum absolute atomic E-state index is 13.2. The van der Waals surface area contributed by atoms with E-state index in [9.17, 15) is 19.2 Å². The predicted molar refractivity (Wildman–Crippen MR) is 307 cm³/mol. The van der Waals surface area contributed by atoms with Gasteiger partial charge in [-0.2, -0.15) is 0 Å². The number of carbonyl (C=O) groups is 4. The minimum Gasteiger partial charge on any atom is -0.396 e. The number of benzene rings is 3. The predicted octanol–water partition coefficient (Wildman–Crippen LogP) is 8.14. The largest absolute Gasteiger partial charge is 0.396 e. The number of Topliss-reactive ketones (excluding diaryl/α,β-unsaturated/α-hetero) is 1. The Morgan fingerprint density at radius 2 is 0.975 bits per heavy atom. The first kappa shape index (κ1) is 54.3. The Morgan fingerprint density at radius 1 is 0.550 bits per heavy atom. The fraction of sp³-hybridized carbons (Fsp3) is 0.333. The van der Waals surface area contributed by atoms with E-state index in [1.807, 2.05) is 115 Å². The Morgan fingerprint density at radius 3 is 1.43 bits per heavy atom. The molecule has 2 unspecified atom stereocenters. The number of anilines is 3. The molecule has 3 atom stereocenters. The number of hydrogen-bond acceptors (Lipinski definition) is 14. The van der Waals surface area contributed by atoms with Gasteiger partial charge in [0.25, 0.3) is 11.8 Å². The zero-order chi connectivity index (χ0) is 55.9. The summed E-state index contributed by atoms with van der Waals surface area (Å²) in [5.74, 6) is 1.98. The van der Waals surface area contributed by atoms with Gasteiger partial charge in [-0.25, -0.2) is 28.5 Å². The van der Waals surface area contributed by atoms with Gasteiger partial charge in [0.15, 0.2) is 40.2 Å². The number of nitrogens with zero attached hydrogens (tertiary/aromatic N) is 12. The molecule has 0 bridgehead atoms. The monoisotopic (exact) mass is 1080 g/mol. The van der Waals surface area contributed by atoms with Crippen LogP contribution in [0.15, 0.2) is 128 Å². The first-order valence-electron chi connectivity index (χ1n) is 27.5. The van der Waals surface area contributed by atoms with Gasteiger partial charge < -0.3 is 36.6 Å². The number of methoxy groups -OCH3 is 1. The molecule has 1 aliphatic carbocycles. The molecule has 12 rings (SSSR count). The number of amides is 3. The highest BCUT2D eigenvalue weighted by atomic mass is 16.5. The molecule has 2 aliphatic heterocycles. The number of nitrogens with two attached hydrogens (primary N) is 3. The number of fused-ring (bicyclic) bond motifs is 3. The zero-order valence-corrected chi connectivity index (χ0v) is 45.4. The Labute approximate surface area is 463 Å². The smallest absolute Gasteiger partial charge is 0.255 e. The van der Waals surface area contributed by atoms with Gasteiger partial charge >= 0.3 is 0 Å². The molecule has 6 N–H and O–H groups in total. The second kappa shape index (κ2) is 24.3. The highest BCUT2D eigenvalue weighted by Gasteiger charge is 2.35. The molecule has 20 nitrogen and oxygen atoms in total. The van der Waals surface area contributed by atoms with Gasteiger partial charge in [0, 0.05) is 99.7 Å². The number of aromatic nitrogens is 9. The lowest BCUT2D eigenvalue weighted by Crippen LogP contribution is -2.46. The van der Waals surface area contributed by atoms with Crippen molar-refractivity contribution in [2.45, 2.75) is 58.8 Å². The van der Waals surface area contributed by atoms with Gasteiger partial charge in [-0.05, 0) is 76.5 Å². The molecule has 3 amide bonds.